The van der Waals surface area contributed by atoms with E-state index in [1.165, 1.54) is 6.20 Å². The topological polar surface area (TPSA) is 98.6 Å². The molecule has 202 valence electrons. The summed E-state index contributed by atoms with van der Waals surface area (Å²) in [7, 11) is 0. The van der Waals surface area contributed by atoms with Crippen LogP contribution in [-0.2, 0) is 11.2 Å². The van der Waals surface area contributed by atoms with Crippen LogP contribution < -0.4 is 10.2 Å². The van der Waals surface area contributed by atoms with Crippen molar-refractivity contribution in [3.8, 4) is 0 Å². The number of rotatable bonds is 7. The number of anilines is 2. The molecule has 2 aromatic carbocycles. The average molecular weight is 566 g/mol. The molecule has 3 aromatic rings. The summed E-state index contributed by atoms with van der Waals surface area (Å²) in [5.41, 5.74) is 2.93. The van der Waals surface area contributed by atoms with Gasteiger partial charge in [-0.05, 0) is 42.7 Å². The van der Waals surface area contributed by atoms with Gasteiger partial charge >= 0.3 is 0 Å². The number of amidine groups is 1. The standard InChI is InChI=1S/C29H29Cl2N5O3/c30-21-7-8-27(33-18-21)34-29(38)24-15-22(31)16-25(35-11-13-39-14-12-35)23(24)17-26(37)19-3-5-20(6-4-19)28(32)36-9-1-2-10-36/h3-8,15-16,18,32H,1-2,9-14,17H2,(H,33,34,38). The van der Waals surface area contributed by atoms with E-state index in [-0.39, 0.29) is 12.2 Å². The van der Waals surface area contributed by atoms with Crippen LogP contribution in [0, 0.1) is 5.41 Å². The highest BCUT2D eigenvalue weighted by Gasteiger charge is 2.25. The molecule has 2 fully saturated rings. The molecule has 0 saturated carbocycles. The number of hydrogen-bond acceptors (Lipinski definition) is 6. The fourth-order valence-corrected chi connectivity index (χ4v) is 5.25. The number of pyridine rings is 1. The monoisotopic (exact) mass is 565 g/mol. The number of morpholine rings is 1. The minimum atomic E-state index is -0.418. The molecule has 2 N–H and O–H groups in total. The van der Waals surface area contributed by atoms with Gasteiger partial charge in [-0.15, -0.1) is 0 Å². The van der Waals surface area contributed by atoms with Crippen molar-refractivity contribution in [2.75, 3.05) is 49.6 Å². The third-order valence-corrected chi connectivity index (χ3v) is 7.44. The van der Waals surface area contributed by atoms with Crippen LogP contribution in [0.15, 0.2) is 54.7 Å². The molecule has 2 aliphatic rings. The molecule has 0 unspecified atom stereocenters. The first-order chi connectivity index (χ1) is 18.9. The Bertz CT molecular complexity index is 1370. The lowest BCUT2D eigenvalue weighted by Gasteiger charge is -2.31. The summed E-state index contributed by atoms with van der Waals surface area (Å²) in [6, 6.07) is 13.8. The van der Waals surface area contributed by atoms with E-state index >= 15 is 0 Å². The molecule has 3 heterocycles. The Morgan fingerprint density at radius 2 is 1.62 bits per heavy atom. The predicted octanol–water partition coefficient (Wildman–Crippen LogP) is 5.32. The summed E-state index contributed by atoms with van der Waals surface area (Å²) in [5.74, 6) is 0.267. The third kappa shape index (κ3) is 6.41. The maximum atomic E-state index is 13.5. The summed E-state index contributed by atoms with van der Waals surface area (Å²) in [5, 5.41) is 12.1. The molecule has 2 saturated heterocycles. The molecular formula is C29H29Cl2N5O3. The summed E-state index contributed by atoms with van der Waals surface area (Å²) in [4.78, 5) is 35.3. The van der Waals surface area contributed by atoms with Crippen molar-refractivity contribution in [3.05, 3.63) is 87.0 Å². The fourth-order valence-electron chi connectivity index (χ4n) is 4.93. The normalized spacial score (nSPS) is 15.3. The number of nitrogens with one attached hydrogen (secondary N) is 2. The quantitative estimate of drug-likeness (QED) is 0.228. The number of Topliss-reactive ketones (excluding diaryl/α,β-unsaturated/α-hetero) is 1. The highest BCUT2D eigenvalue weighted by Crippen LogP contribution is 2.31. The van der Waals surface area contributed by atoms with Crippen molar-refractivity contribution < 1.29 is 14.3 Å². The number of likely N-dealkylation sites (tertiary alicyclic amines) is 1. The maximum Gasteiger partial charge on any atom is 0.257 e. The van der Waals surface area contributed by atoms with Crippen LogP contribution in [0.3, 0.4) is 0 Å². The van der Waals surface area contributed by atoms with E-state index in [0.29, 0.717) is 64.7 Å². The van der Waals surface area contributed by atoms with E-state index < -0.39 is 5.91 Å². The lowest BCUT2D eigenvalue weighted by Crippen LogP contribution is -2.37. The van der Waals surface area contributed by atoms with Gasteiger partial charge in [0.15, 0.2) is 5.78 Å². The number of carbonyl (C=O) groups excluding carboxylic acids is 2. The second-order valence-electron chi connectivity index (χ2n) is 9.59. The van der Waals surface area contributed by atoms with Crippen molar-refractivity contribution in [3.63, 3.8) is 0 Å². The lowest BCUT2D eigenvalue weighted by molar-refractivity contribution is 0.0992. The number of aromatic nitrogens is 1. The van der Waals surface area contributed by atoms with Crippen molar-refractivity contribution >= 4 is 52.2 Å². The Labute approximate surface area is 237 Å². The molecule has 0 spiro atoms. The van der Waals surface area contributed by atoms with Crippen molar-refractivity contribution in [2.45, 2.75) is 19.3 Å². The van der Waals surface area contributed by atoms with Crippen molar-refractivity contribution in [1.29, 1.82) is 5.41 Å². The Hall–Kier alpha value is -3.46. The van der Waals surface area contributed by atoms with Crippen molar-refractivity contribution in [1.82, 2.24) is 9.88 Å². The Morgan fingerprint density at radius 1 is 0.923 bits per heavy atom. The van der Waals surface area contributed by atoms with Crippen LogP contribution >= 0.6 is 23.2 Å². The molecular weight excluding hydrogens is 537 g/mol. The van der Waals surface area contributed by atoms with Gasteiger partial charge in [0.05, 0.1) is 18.2 Å². The largest absolute Gasteiger partial charge is 0.378 e. The summed E-state index contributed by atoms with van der Waals surface area (Å²) >= 11 is 12.4. The van der Waals surface area contributed by atoms with Gasteiger partial charge in [0.25, 0.3) is 5.91 Å². The number of ether oxygens (including phenoxy) is 1. The lowest BCUT2D eigenvalue weighted by atomic mass is 9.95. The van der Waals surface area contributed by atoms with Gasteiger partial charge < -0.3 is 19.9 Å². The molecule has 39 heavy (non-hydrogen) atoms. The zero-order valence-electron chi connectivity index (χ0n) is 21.4. The van der Waals surface area contributed by atoms with Gasteiger partial charge in [0.2, 0.25) is 0 Å². The number of ketones is 1. The minimum absolute atomic E-state index is 0.00355. The molecule has 0 aliphatic carbocycles. The van der Waals surface area contributed by atoms with Gasteiger partial charge in [0.1, 0.15) is 11.7 Å². The second kappa shape index (κ2) is 12.2. The van der Waals surface area contributed by atoms with Crippen LogP contribution in [0.25, 0.3) is 0 Å². The van der Waals surface area contributed by atoms with E-state index in [4.69, 9.17) is 33.3 Å². The number of benzene rings is 2. The summed E-state index contributed by atoms with van der Waals surface area (Å²) < 4.78 is 5.51. The van der Waals surface area contributed by atoms with Crippen molar-refractivity contribution in [2.24, 2.45) is 0 Å². The number of hydrogen-bond donors (Lipinski definition) is 2. The molecule has 2 aliphatic heterocycles. The first-order valence-electron chi connectivity index (χ1n) is 12.9. The van der Waals surface area contributed by atoms with Gasteiger partial charge in [-0.3, -0.25) is 15.0 Å². The van der Waals surface area contributed by atoms with Crippen LogP contribution in [0.5, 0.6) is 0 Å². The fraction of sp³-hybridized carbons (Fsp3) is 0.310. The van der Waals surface area contributed by atoms with E-state index in [9.17, 15) is 9.59 Å². The summed E-state index contributed by atoms with van der Waals surface area (Å²) in [6.45, 7) is 4.10. The Morgan fingerprint density at radius 3 is 2.28 bits per heavy atom. The molecule has 1 aromatic heterocycles. The highest BCUT2D eigenvalue weighted by atomic mass is 35.5. The smallest absolute Gasteiger partial charge is 0.257 e. The molecule has 8 nitrogen and oxygen atoms in total. The Kier molecular flexibility index (Phi) is 8.45. The molecule has 0 atom stereocenters. The average Bonchev–Trinajstić information content (AvgIpc) is 3.50. The third-order valence-electron chi connectivity index (χ3n) is 7.00. The molecule has 10 heteroatoms. The zero-order chi connectivity index (χ0) is 27.4. The van der Waals surface area contributed by atoms with Crippen LogP contribution in [0.4, 0.5) is 11.5 Å². The maximum absolute atomic E-state index is 13.5. The van der Waals surface area contributed by atoms with Crippen LogP contribution in [0.1, 0.15) is 44.7 Å². The minimum Gasteiger partial charge on any atom is -0.378 e. The second-order valence-corrected chi connectivity index (χ2v) is 10.5. The van der Waals surface area contributed by atoms with Gasteiger partial charge in [-0.25, -0.2) is 4.98 Å². The zero-order valence-corrected chi connectivity index (χ0v) is 22.9. The van der Waals surface area contributed by atoms with Gasteiger partial charge in [-0.1, -0.05) is 47.5 Å². The molecule has 0 radical (unpaired) electrons. The first kappa shape index (κ1) is 27.1. The Balaban J connectivity index is 1.44. The predicted molar refractivity (Wildman–Crippen MR) is 154 cm³/mol. The van der Waals surface area contributed by atoms with Gasteiger partial charge in [0, 0.05) is 66.2 Å². The van der Waals surface area contributed by atoms with E-state index in [1.54, 1.807) is 36.4 Å². The number of nitrogens with zero attached hydrogens (tertiary/aromatic N) is 3. The number of amides is 1. The first-order valence-corrected chi connectivity index (χ1v) is 13.7. The number of carbonyl (C=O) groups is 2. The van der Waals surface area contributed by atoms with E-state index in [0.717, 1.165) is 37.2 Å². The summed E-state index contributed by atoms with van der Waals surface area (Å²) in [6.07, 6.45) is 3.64. The molecule has 1 amide bonds. The number of halogens is 2. The van der Waals surface area contributed by atoms with E-state index in [2.05, 4.69) is 20.1 Å². The van der Waals surface area contributed by atoms with E-state index in [1.807, 2.05) is 12.1 Å². The van der Waals surface area contributed by atoms with Crippen LogP contribution in [-0.4, -0.2) is 66.8 Å². The SMILES string of the molecule is N=C(c1ccc(C(=O)Cc2c(C(=O)Nc3ccc(Cl)cn3)cc(Cl)cc2N2CCOCC2)cc1)N1CCCC1. The van der Waals surface area contributed by atoms with Crippen LogP contribution in [0.2, 0.25) is 10.0 Å². The van der Waals surface area contributed by atoms with Gasteiger partial charge in [-0.2, -0.15) is 0 Å². The molecule has 0 bridgehead atoms. The molecule has 5 rings (SSSR count). The highest BCUT2D eigenvalue weighted by molar-refractivity contribution is 6.31.